The lowest BCUT2D eigenvalue weighted by atomic mass is 10.2. The lowest BCUT2D eigenvalue weighted by Crippen LogP contribution is -2.48. The lowest BCUT2D eigenvalue weighted by Gasteiger charge is -2.35. The highest BCUT2D eigenvalue weighted by Crippen LogP contribution is 2.17. The molecular weight excluding hydrogens is 244 g/mol. The van der Waals surface area contributed by atoms with Crippen molar-refractivity contribution in [1.82, 2.24) is 4.31 Å². The van der Waals surface area contributed by atoms with E-state index in [1.54, 1.807) is 0 Å². The van der Waals surface area contributed by atoms with E-state index in [9.17, 15) is 4.55 Å². The van der Waals surface area contributed by atoms with Crippen LogP contribution in [0.25, 0.3) is 0 Å². The number of benzene rings is 1. The van der Waals surface area contributed by atoms with Gasteiger partial charge in [0, 0.05) is 18.8 Å². The summed E-state index contributed by atoms with van der Waals surface area (Å²) in [5.74, 6) is 0. The van der Waals surface area contributed by atoms with Gasteiger partial charge < -0.3 is 9.45 Å². The Morgan fingerprint density at radius 3 is 2.31 bits per heavy atom. The molecule has 1 fully saturated rings. The molecule has 1 aliphatic rings. The van der Waals surface area contributed by atoms with E-state index < -0.39 is 11.4 Å². The highest BCUT2D eigenvalue weighted by atomic mass is 35.5. The third kappa shape index (κ3) is 2.83. The van der Waals surface area contributed by atoms with Crippen LogP contribution in [0.1, 0.15) is 0 Å². The topological polar surface area (TPSA) is 29.5 Å². The van der Waals surface area contributed by atoms with Crippen molar-refractivity contribution >= 4 is 28.7 Å². The summed E-state index contributed by atoms with van der Waals surface area (Å²) in [4.78, 5) is 2.31. The van der Waals surface area contributed by atoms with Crippen molar-refractivity contribution in [2.75, 3.05) is 36.3 Å². The quantitative estimate of drug-likeness (QED) is 0.610. The van der Waals surface area contributed by atoms with Gasteiger partial charge in [-0.2, -0.15) is 0 Å². The number of rotatable bonds is 3. The van der Waals surface area contributed by atoms with Crippen LogP contribution in [0.4, 0.5) is 5.69 Å². The molecule has 0 aliphatic carbocycles. The van der Waals surface area contributed by atoms with E-state index in [2.05, 4.69) is 17.0 Å². The normalized spacial score (nSPS) is 19.8. The smallest absolute Gasteiger partial charge is 0.198 e. The molecule has 88 valence electrons. The first kappa shape index (κ1) is 12.0. The monoisotopic (exact) mass is 258 g/mol. The van der Waals surface area contributed by atoms with Gasteiger partial charge in [0.2, 0.25) is 0 Å². The maximum atomic E-state index is 11.5. The minimum absolute atomic E-state index is 0.200. The van der Waals surface area contributed by atoms with E-state index in [0.717, 1.165) is 26.2 Å². The summed E-state index contributed by atoms with van der Waals surface area (Å²) in [6.45, 7) is 3.45. The molecule has 0 aromatic heterocycles. The lowest BCUT2D eigenvalue weighted by molar-refractivity contribution is 0.387. The van der Waals surface area contributed by atoms with Crippen LogP contribution in [0.15, 0.2) is 30.3 Å². The van der Waals surface area contributed by atoms with Gasteiger partial charge in [-0.05, 0) is 12.1 Å². The Bertz CT molecular complexity index is 317. The van der Waals surface area contributed by atoms with Crippen molar-refractivity contribution in [2.24, 2.45) is 0 Å². The molecule has 0 saturated carbocycles. The summed E-state index contributed by atoms with van der Waals surface area (Å²) in [7, 11) is 0. The molecule has 1 saturated heterocycles. The van der Waals surface area contributed by atoms with Gasteiger partial charge in [-0.15, -0.1) is 4.31 Å². The summed E-state index contributed by atoms with van der Waals surface area (Å²) < 4.78 is 13.4. The van der Waals surface area contributed by atoms with Crippen LogP contribution in [-0.4, -0.2) is 40.2 Å². The van der Waals surface area contributed by atoms with Gasteiger partial charge in [0.1, 0.15) is 0 Å². The van der Waals surface area contributed by atoms with Gasteiger partial charge in [0.15, 0.2) is 5.21 Å². The molecular formula is C11H15ClN2OS. The number of halogens is 1. The first-order chi connectivity index (χ1) is 7.81. The minimum Gasteiger partial charge on any atom is -0.597 e. The van der Waals surface area contributed by atoms with Crippen LogP contribution in [0, 0.1) is 0 Å². The van der Waals surface area contributed by atoms with E-state index in [1.165, 1.54) is 5.69 Å². The highest BCUT2D eigenvalue weighted by Gasteiger charge is 2.24. The SMILES string of the molecule is [O-][S+](CCl)N1CCN(c2ccccc2)CC1. The van der Waals surface area contributed by atoms with Crippen LogP contribution in [-0.2, 0) is 11.4 Å². The van der Waals surface area contributed by atoms with Crippen LogP contribution in [0.3, 0.4) is 0 Å². The van der Waals surface area contributed by atoms with Gasteiger partial charge in [-0.1, -0.05) is 29.8 Å². The van der Waals surface area contributed by atoms with Gasteiger partial charge in [0.05, 0.1) is 24.5 Å². The number of anilines is 1. The Balaban J connectivity index is 1.91. The Labute approximate surface area is 104 Å². The Morgan fingerprint density at radius 1 is 1.12 bits per heavy atom. The zero-order valence-electron chi connectivity index (χ0n) is 9.01. The van der Waals surface area contributed by atoms with Crippen molar-refractivity contribution in [3.8, 4) is 0 Å². The number of hydrogen-bond donors (Lipinski definition) is 0. The van der Waals surface area contributed by atoms with Crippen molar-refractivity contribution < 1.29 is 4.55 Å². The van der Waals surface area contributed by atoms with Gasteiger partial charge in [-0.25, -0.2) is 0 Å². The molecule has 3 nitrogen and oxygen atoms in total. The van der Waals surface area contributed by atoms with Gasteiger partial charge in [-0.3, -0.25) is 0 Å². The van der Waals surface area contributed by atoms with Crippen molar-refractivity contribution in [2.45, 2.75) is 0 Å². The summed E-state index contributed by atoms with van der Waals surface area (Å²) in [5.41, 5.74) is 1.24. The van der Waals surface area contributed by atoms with Gasteiger partial charge >= 0.3 is 0 Å². The second-order valence-corrected chi connectivity index (χ2v) is 5.71. The molecule has 1 heterocycles. The van der Waals surface area contributed by atoms with Crippen LogP contribution in [0.2, 0.25) is 0 Å². The van der Waals surface area contributed by atoms with E-state index in [1.807, 2.05) is 22.5 Å². The Kier molecular flexibility index (Phi) is 4.35. The number of para-hydroxylation sites is 1. The molecule has 2 rings (SSSR count). The average molecular weight is 259 g/mol. The number of piperazine rings is 1. The third-order valence-electron chi connectivity index (χ3n) is 2.74. The summed E-state index contributed by atoms with van der Waals surface area (Å²) in [5, 5.41) is 0.200. The van der Waals surface area contributed by atoms with Crippen molar-refractivity contribution in [3.05, 3.63) is 30.3 Å². The fourth-order valence-electron chi connectivity index (χ4n) is 1.86. The molecule has 0 bridgehead atoms. The molecule has 0 N–H and O–H groups in total. The predicted octanol–water partition coefficient (Wildman–Crippen LogP) is 1.67. The molecule has 1 aliphatic heterocycles. The maximum absolute atomic E-state index is 11.5. The number of alkyl halides is 1. The average Bonchev–Trinajstić information content (AvgIpc) is 2.39. The molecule has 1 atom stereocenters. The van der Waals surface area contributed by atoms with Crippen LogP contribution in [0.5, 0.6) is 0 Å². The first-order valence-corrected chi connectivity index (χ1v) is 7.11. The summed E-state index contributed by atoms with van der Waals surface area (Å²) in [6.07, 6.45) is 0. The van der Waals surface area contributed by atoms with E-state index in [-0.39, 0.29) is 5.21 Å². The highest BCUT2D eigenvalue weighted by molar-refractivity contribution is 7.90. The molecule has 1 aromatic rings. The zero-order chi connectivity index (χ0) is 11.4. The van der Waals surface area contributed by atoms with E-state index >= 15 is 0 Å². The molecule has 0 radical (unpaired) electrons. The fourth-order valence-corrected chi connectivity index (χ4v) is 2.98. The molecule has 5 heteroatoms. The molecule has 1 aromatic carbocycles. The maximum Gasteiger partial charge on any atom is 0.198 e. The van der Waals surface area contributed by atoms with E-state index in [0.29, 0.717) is 0 Å². The Morgan fingerprint density at radius 2 is 1.75 bits per heavy atom. The minimum atomic E-state index is -1.01. The van der Waals surface area contributed by atoms with Crippen molar-refractivity contribution in [3.63, 3.8) is 0 Å². The second-order valence-electron chi connectivity index (χ2n) is 3.68. The predicted molar refractivity (Wildman–Crippen MR) is 69.1 cm³/mol. The number of hydrogen-bond acceptors (Lipinski definition) is 3. The number of nitrogens with zero attached hydrogens (tertiary/aromatic N) is 2. The Hall–Kier alpha value is -0.420. The standard InChI is InChI=1S/C11H15ClN2OS/c12-10-16(15)14-8-6-13(7-9-14)11-4-2-1-3-5-11/h1-5H,6-10H2. The summed E-state index contributed by atoms with van der Waals surface area (Å²) in [6, 6.07) is 10.3. The third-order valence-corrected chi connectivity index (χ3v) is 4.43. The van der Waals surface area contributed by atoms with Gasteiger partial charge in [0.25, 0.3) is 0 Å². The molecule has 0 amide bonds. The van der Waals surface area contributed by atoms with Crippen LogP contribution < -0.4 is 4.90 Å². The summed E-state index contributed by atoms with van der Waals surface area (Å²) >= 11 is 4.57. The molecule has 16 heavy (non-hydrogen) atoms. The molecule has 1 unspecified atom stereocenters. The zero-order valence-corrected chi connectivity index (χ0v) is 10.6. The van der Waals surface area contributed by atoms with E-state index in [4.69, 9.17) is 11.6 Å². The first-order valence-electron chi connectivity index (χ1n) is 5.30. The second kappa shape index (κ2) is 5.77. The fraction of sp³-hybridized carbons (Fsp3) is 0.455. The van der Waals surface area contributed by atoms with Crippen LogP contribution >= 0.6 is 11.6 Å². The molecule has 0 spiro atoms. The van der Waals surface area contributed by atoms with Crippen molar-refractivity contribution in [1.29, 1.82) is 0 Å². The largest absolute Gasteiger partial charge is 0.597 e.